The first-order valence-corrected chi connectivity index (χ1v) is 8.66. The van der Waals surface area contributed by atoms with Crippen molar-refractivity contribution in [3.05, 3.63) is 46.4 Å². The van der Waals surface area contributed by atoms with Gasteiger partial charge >= 0.3 is 6.03 Å². The van der Waals surface area contributed by atoms with E-state index in [0.717, 1.165) is 22.7 Å². The van der Waals surface area contributed by atoms with Crippen molar-refractivity contribution in [1.82, 2.24) is 15.2 Å². The fourth-order valence-electron chi connectivity index (χ4n) is 2.80. The lowest BCUT2D eigenvalue weighted by atomic mass is 10.0. The van der Waals surface area contributed by atoms with Gasteiger partial charge in [0.05, 0.1) is 17.7 Å². The minimum absolute atomic E-state index is 0.00469. The van der Waals surface area contributed by atoms with Gasteiger partial charge < -0.3 is 15.0 Å². The molecule has 23 heavy (non-hydrogen) atoms. The highest BCUT2D eigenvalue weighted by Gasteiger charge is 2.24. The van der Waals surface area contributed by atoms with E-state index in [0.29, 0.717) is 13.2 Å². The van der Waals surface area contributed by atoms with E-state index in [9.17, 15) is 4.79 Å². The molecule has 2 heterocycles. The van der Waals surface area contributed by atoms with Gasteiger partial charge in [0.2, 0.25) is 0 Å². The van der Waals surface area contributed by atoms with Crippen LogP contribution < -0.4 is 10.1 Å². The molecule has 0 saturated carbocycles. The molecule has 0 fully saturated rings. The summed E-state index contributed by atoms with van der Waals surface area (Å²) in [6, 6.07) is 7.82. The summed E-state index contributed by atoms with van der Waals surface area (Å²) in [7, 11) is 1.82. The number of carbonyl (C=O) groups excluding carboxylic acids is 1. The van der Waals surface area contributed by atoms with Crippen LogP contribution in [0.1, 0.15) is 35.9 Å². The Labute approximate surface area is 140 Å². The molecule has 3 rings (SSSR count). The topological polar surface area (TPSA) is 54.5 Å². The van der Waals surface area contributed by atoms with Gasteiger partial charge in [-0.1, -0.05) is 25.1 Å². The van der Waals surface area contributed by atoms with Gasteiger partial charge in [-0.05, 0) is 6.07 Å². The van der Waals surface area contributed by atoms with Gasteiger partial charge in [0.15, 0.2) is 0 Å². The normalized spacial score (nSPS) is 17.7. The van der Waals surface area contributed by atoms with Crippen LogP contribution in [0.5, 0.6) is 5.75 Å². The predicted octanol–water partition coefficient (Wildman–Crippen LogP) is 3.41. The van der Waals surface area contributed by atoms with Gasteiger partial charge in [-0.3, -0.25) is 0 Å². The van der Waals surface area contributed by atoms with Crippen LogP contribution in [0.4, 0.5) is 4.79 Å². The molecule has 0 aliphatic carbocycles. The number of benzene rings is 1. The molecule has 6 heteroatoms. The third kappa shape index (κ3) is 3.64. The number of likely N-dealkylation sites (N-methyl/N-ethyl adjacent to an activating group) is 1. The van der Waals surface area contributed by atoms with Crippen molar-refractivity contribution in [3.63, 3.8) is 0 Å². The van der Waals surface area contributed by atoms with E-state index in [1.807, 2.05) is 36.7 Å². The van der Waals surface area contributed by atoms with Crippen LogP contribution in [0.2, 0.25) is 0 Å². The molecule has 1 N–H and O–H groups in total. The van der Waals surface area contributed by atoms with Crippen molar-refractivity contribution in [2.75, 3.05) is 20.2 Å². The highest BCUT2D eigenvalue weighted by Crippen LogP contribution is 2.31. The Morgan fingerprint density at radius 3 is 3.13 bits per heavy atom. The fraction of sp³-hybridized carbons (Fsp3) is 0.412. The largest absolute Gasteiger partial charge is 0.493 e. The van der Waals surface area contributed by atoms with Crippen LogP contribution >= 0.6 is 11.3 Å². The maximum absolute atomic E-state index is 12.5. The van der Waals surface area contributed by atoms with Gasteiger partial charge in [0, 0.05) is 43.1 Å². The van der Waals surface area contributed by atoms with E-state index in [1.54, 1.807) is 22.4 Å². The fourth-order valence-corrected chi connectivity index (χ4v) is 3.49. The minimum atomic E-state index is -0.0601. The molecule has 1 aliphatic heterocycles. The van der Waals surface area contributed by atoms with Crippen molar-refractivity contribution < 1.29 is 9.53 Å². The first-order valence-electron chi connectivity index (χ1n) is 7.78. The summed E-state index contributed by atoms with van der Waals surface area (Å²) in [6.45, 7) is 3.36. The van der Waals surface area contributed by atoms with Crippen molar-refractivity contribution >= 4 is 17.4 Å². The van der Waals surface area contributed by atoms with Crippen molar-refractivity contribution in [2.45, 2.75) is 25.3 Å². The summed E-state index contributed by atoms with van der Waals surface area (Å²) >= 11 is 1.63. The second kappa shape index (κ2) is 7.00. The smallest absolute Gasteiger partial charge is 0.317 e. The maximum Gasteiger partial charge on any atom is 0.317 e. The zero-order chi connectivity index (χ0) is 16.2. The van der Waals surface area contributed by atoms with Crippen LogP contribution in [0.15, 0.2) is 35.8 Å². The number of para-hydroxylation sites is 1. The van der Waals surface area contributed by atoms with Crippen LogP contribution in [-0.2, 0) is 0 Å². The molecule has 1 aromatic carbocycles. The van der Waals surface area contributed by atoms with E-state index in [-0.39, 0.29) is 18.0 Å². The lowest BCUT2D eigenvalue weighted by Crippen LogP contribution is -2.42. The number of carbonyl (C=O) groups is 1. The zero-order valence-corrected chi connectivity index (χ0v) is 14.2. The third-order valence-corrected chi connectivity index (χ3v) is 5.03. The monoisotopic (exact) mass is 331 g/mol. The number of thiazole rings is 1. The summed E-state index contributed by atoms with van der Waals surface area (Å²) in [4.78, 5) is 18.5. The SMILES string of the molecule is CC(CN(C)C(=O)NC1CCOc2ccccc21)c1nccs1. The molecule has 2 aromatic rings. The molecule has 1 aliphatic rings. The quantitative estimate of drug-likeness (QED) is 0.934. The molecule has 0 radical (unpaired) electrons. The number of fused-ring (bicyclic) bond motifs is 1. The molecular weight excluding hydrogens is 310 g/mol. The second-order valence-electron chi connectivity index (χ2n) is 5.83. The molecule has 0 saturated heterocycles. The van der Waals surface area contributed by atoms with E-state index in [1.165, 1.54) is 0 Å². The van der Waals surface area contributed by atoms with Crippen LogP contribution in [-0.4, -0.2) is 36.1 Å². The standard InChI is InChI=1S/C17H21N3O2S/c1-12(16-18-8-10-23-16)11-20(2)17(21)19-14-7-9-22-15-6-4-3-5-13(14)15/h3-6,8,10,12,14H,7,9,11H2,1-2H3,(H,19,21). The molecule has 2 unspecified atom stereocenters. The van der Waals surface area contributed by atoms with Crippen molar-refractivity contribution in [3.8, 4) is 5.75 Å². The lowest BCUT2D eigenvalue weighted by Gasteiger charge is -2.29. The Bertz CT molecular complexity index is 660. The number of aromatic nitrogens is 1. The molecule has 5 nitrogen and oxygen atoms in total. The predicted molar refractivity (Wildman–Crippen MR) is 91.0 cm³/mol. The molecule has 0 bridgehead atoms. The molecule has 2 amide bonds. The number of amides is 2. The third-order valence-electron chi connectivity index (χ3n) is 4.02. The Morgan fingerprint density at radius 2 is 2.35 bits per heavy atom. The Morgan fingerprint density at radius 1 is 1.52 bits per heavy atom. The molecule has 0 spiro atoms. The minimum Gasteiger partial charge on any atom is -0.493 e. The number of hydrogen-bond donors (Lipinski definition) is 1. The highest BCUT2D eigenvalue weighted by atomic mass is 32.1. The van der Waals surface area contributed by atoms with Gasteiger partial charge in [-0.25, -0.2) is 9.78 Å². The Kier molecular flexibility index (Phi) is 4.81. The summed E-state index contributed by atoms with van der Waals surface area (Å²) in [5.74, 6) is 1.09. The van der Waals surface area contributed by atoms with Crippen molar-refractivity contribution in [2.24, 2.45) is 0 Å². The summed E-state index contributed by atoms with van der Waals surface area (Å²) in [5.41, 5.74) is 1.05. The summed E-state index contributed by atoms with van der Waals surface area (Å²) in [5, 5.41) is 6.14. The lowest BCUT2D eigenvalue weighted by molar-refractivity contribution is 0.194. The average Bonchev–Trinajstić information content (AvgIpc) is 3.09. The van der Waals surface area contributed by atoms with Crippen LogP contribution in [0.3, 0.4) is 0 Å². The number of ether oxygens (including phenoxy) is 1. The number of hydrogen-bond acceptors (Lipinski definition) is 4. The van der Waals surface area contributed by atoms with E-state index in [2.05, 4.69) is 17.2 Å². The van der Waals surface area contributed by atoms with Gasteiger partial charge in [0.1, 0.15) is 5.75 Å². The highest BCUT2D eigenvalue weighted by molar-refractivity contribution is 7.09. The Hall–Kier alpha value is -2.08. The van der Waals surface area contributed by atoms with Crippen molar-refractivity contribution in [1.29, 1.82) is 0 Å². The maximum atomic E-state index is 12.5. The zero-order valence-electron chi connectivity index (χ0n) is 13.4. The first kappa shape index (κ1) is 15.8. The molecule has 1 aromatic heterocycles. The van der Waals surface area contributed by atoms with Gasteiger partial charge in [-0.15, -0.1) is 11.3 Å². The van der Waals surface area contributed by atoms with Gasteiger partial charge in [0.25, 0.3) is 0 Å². The molecular formula is C17H21N3O2S. The number of nitrogens with one attached hydrogen (secondary N) is 1. The molecule has 2 atom stereocenters. The first-order chi connectivity index (χ1) is 11.1. The van der Waals surface area contributed by atoms with E-state index >= 15 is 0 Å². The number of rotatable bonds is 4. The summed E-state index contributed by atoms with van der Waals surface area (Å²) < 4.78 is 5.64. The number of nitrogens with zero attached hydrogens (tertiary/aromatic N) is 2. The van der Waals surface area contributed by atoms with Gasteiger partial charge in [-0.2, -0.15) is 0 Å². The second-order valence-corrected chi connectivity index (χ2v) is 6.76. The Balaban J connectivity index is 1.61. The van der Waals surface area contributed by atoms with E-state index < -0.39 is 0 Å². The average molecular weight is 331 g/mol. The molecule has 122 valence electrons. The summed E-state index contributed by atoms with van der Waals surface area (Å²) in [6.07, 6.45) is 2.59. The van der Waals surface area contributed by atoms with Crippen LogP contribution in [0.25, 0.3) is 0 Å². The van der Waals surface area contributed by atoms with E-state index in [4.69, 9.17) is 4.74 Å². The van der Waals surface area contributed by atoms with Crippen LogP contribution in [0, 0.1) is 0 Å². The number of urea groups is 1.